The van der Waals surface area contributed by atoms with Gasteiger partial charge in [0.05, 0.1) is 6.61 Å². The number of halogens is 1. The van der Waals surface area contributed by atoms with Gasteiger partial charge in [0.25, 0.3) is 5.82 Å². The van der Waals surface area contributed by atoms with Crippen molar-refractivity contribution in [2.24, 2.45) is 0 Å². The summed E-state index contributed by atoms with van der Waals surface area (Å²) < 4.78 is 19.3. The summed E-state index contributed by atoms with van der Waals surface area (Å²) in [6.45, 7) is 0.581. The molecular formula is C8H10FN2O3+. The van der Waals surface area contributed by atoms with Gasteiger partial charge >= 0.3 is 11.6 Å². The fraction of sp³-hybridized carbons (Fsp3) is 0.500. The highest BCUT2D eigenvalue weighted by molar-refractivity contribution is 4.86. The molecule has 1 atom stereocenters. The van der Waals surface area contributed by atoms with Crippen LogP contribution in [0.1, 0.15) is 19.1 Å². The zero-order valence-electron chi connectivity index (χ0n) is 7.36. The maximum absolute atomic E-state index is 12.9. The molecule has 1 aliphatic rings. The number of rotatable bonds is 1. The zero-order valence-corrected chi connectivity index (χ0v) is 7.36. The van der Waals surface area contributed by atoms with Gasteiger partial charge in [-0.05, 0) is 6.42 Å². The molecule has 2 N–H and O–H groups in total. The molecular weight excluding hydrogens is 191 g/mol. The molecule has 1 aliphatic heterocycles. The molecule has 0 saturated carbocycles. The smallest absolute Gasteiger partial charge is 0.446 e. The number of aromatic amines is 1. The molecule has 14 heavy (non-hydrogen) atoms. The second-order valence-electron chi connectivity index (χ2n) is 3.13. The van der Waals surface area contributed by atoms with Gasteiger partial charge in [0.2, 0.25) is 6.23 Å². The number of hydrogen-bond donors (Lipinski definition) is 2. The predicted molar refractivity (Wildman–Crippen MR) is 43.1 cm³/mol. The van der Waals surface area contributed by atoms with Gasteiger partial charge in [0.15, 0.2) is 0 Å². The number of nitrogens with one attached hydrogen (secondary N) is 1. The number of nitrogens with zero attached hydrogens (tertiary/aromatic N) is 1. The van der Waals surface area contributed by atoms with Gasteiger partial charge in [0.1, 0.15) is 6.20 Å². The molecule has 0 radical (unpaired) electrons. The third kappa shape index (κ3) is 1.48. The van der Waals surface area contributed by atoms with Crippen molar-refractivity contribution in [3.8, 4) is 6.01 Å². The highest BCUT2D eigenvalue weighted by Gasteiger charge is 2.26. The quantitative estimate of drug-likeness (QED) is 0.619. The van der Waals surface area contributed by atoms with Crippen LogP contribution in [0.3, 0.4) is 0 Å². The lowest BCUT2D eigenvalue weighted by Crippen LogP contribution is -2.42. The van der Waals surface area contributed by atoms with Gasteiger partial charge in [-0.25, -0.2) is 4.79 Å². The van der Waals surface area contributed by atoms with Crippen LogP contribution < -0.4 is 10.1 Å². The van der Waals surface area contributed by atoms with E-state index in [0.717, 1.165) is 12.6 Å². The first-order valence-corrected chi connectivity index (χ1v) is 4.33. The van der Waals surface area contributed by atoms with Crippen LogP contribution in [0.2, 0.25) is 0 Å². The number of aromatic nitrogens is 2. The minimum atomic E-state index is -0.934. The molecule has 76 valence electrons. The van der Waals surface area contributed by atoms with E-state index in [1.54, 1.807) is 0 Å². The summed E-state index contributed by atoms with van der Waals surface area (Å²) in [6.07, 6.45) is 2.12. The van der Waals surface area contributed by atoms with E-state index in [0.29, 0.717) is 13.0 Å². The summed E-state index contributed by atoms with van der Waals surface area (Å²) >= 11 is 0. The summed E-state index contributed by atoms with van der Waals surface area (Å²) in [7, 11) is 0. The Labute approximate surface area is 78.8 Å². The topological polar surface area (TPSA) is 66.2 Å². The lowest BCUT2D eigenvalue weighted by molar-refractivity contribution is -0.765. The van der Waals surface area contributed by atoms with Gasteiger partial charge in [-0.15, -0.1) is 0 Å². The largest absolute Gasteiger partial charge is 0.456 e. The minimum Gasteiger partial charge on any atom is -0.446 e. The van der Waals surface area contributed by atoms with Gasteiger partial charge in [-0.2, -0.15) is 13.9 Å². The molecule has 0 bridgehead atoms. The van der Waals surface area contributed by atoms with Gasteiger partial charge in [0, 0.05) is 6.42 Å². The summed E-state index contributed by atoms with van der Waals surface area (Å²) in [4.78, 5) is 12.8. The Bertz CT molecular complexity index is 398. The van der Waals surface area contributed by atoms with Crippen molar-refractivity contribution in [2.75, 3.05) is 6.61 Å². The number of hydrogen-bond acceptors (Lipinski definition) is 3. The van der Waals surface area contributed by atoms with Crippen molar-refractivity contribution in [2.45, 2.75) is 19.1 Å². The molecule has 2 heterocycles. The molecule has 6 heteroatoms. The first-order valence-electron chi connectivity index (χ1n) is 4.33. The molecule has 0 unspecified atom stereocenters. The second kappa shape index (κ2) is 3.38. The Morgan fingerprint density at radius 1 is 1.71 bits per heavy atom. The molecule has 5 nitrogen and oxygen atoms in total. The average Bonchev–Trinajstić information content (AvgIpc) is 2.64. The van der Waals surface area contributed by atoms with Crippen LogP contribution in [0.25, 0.3) is 0 Å². The molecule has 2 rings (SSSR count). The molecule has 0 aromatic carbocycles. The van der Waals surface area contributed by atoms with Crippen LogP contribution >= 0.6 is 0 Å². The molecule has 0 amide bonds. The Morgan fingerprint density at radius 3 is 3.14 bits per heavy atom. The van der Waals surface area contributed by atoms with Crippen LogP contribution in [0.5, 0.6) is 6.01 Å². The van der Waals surface area contributed by atoms with Crippen molar-refractivity contribution in [1.82, 2.24) is 4.98 Å². The first kappa shape index (κ1) is 9.14. The predicted octanol–water partition coefficient (Wildman–Crippen LogP) is -0.184. The number of aromatic hydroxyl groups is 1. The maximum atomic E-state index is 12.9. The van der Waals surface area contributed by atoms with Crippen molar-refractivity contribution >= 4 is 0 Å². The van der Waals surface area contributed by atoms with Crippen LogP contribution in [-0.4, -0.2) is 16.7 Å². The highest BCUT2D eigenvalue weighted by atomic mass is 19.1. The fourth-order valence-corrected chi connectivity index (χ4v) is 1.47. The average molecular weight is 201 g/mol. The van der Waals surface area contributed by atoms with Gasteiger partial charge < -0.3 is 9.84 Å². The Hall–Kier alpha value is -1.43. The standard InChI is InChI=1S/C8H9FN2O3/c9-5-4-11(6-2-1-3-14-6)8(13)10-7(5)12/h4,6H,1-3H2,(H,10,12,13)/p+1/t6-/m1/s1. The Balaban J connectivity index is 2.42. The van der Waals surface area contributed by atoms with Crippen LogP contribution in [0.4, 0.5) is 4.39 Å². The van der Waals surface area contributed by atoms with E-state index in [1.807, 2.05) is 4.98 Å². The van der Waals surface area contributed by atoms with Crippen molar-refractivity contribution in [1.29, 1.82) is 0 Å². The summed E-state index contributed by atoms with van der Waals surface area (Å²) in [6, 6.07) is -0.386. The molecule has 1 aromatic rings. The molecule has 1 aromatic heterocycles. The van der Waals surface area contributed by atoms with E-state index in [4.69, 9.17) is 4.74 Å². The van der Waals surface area contributed by atoms with E-state index in [2.05, 4.69) is 0 Å². The minimum absolute atomic E-state index is 0.386. The third-order valence-electron chi connectivity index (χ3n) is 2.16. The zero-order chi connectivity index (χ0) is 10.1. The molecule has 1 fully saturated rings. The Kier molecular flexibility index (Phi) is 2.20. The van der Waals surface area contributed by atoms with Crippen LogP contribution in [0.15, 0.2) is 11.0 Å². The van der Waals surface area contributed by atoms with E-state index in [1.165, 1.54) is 4.57 Å². The van der Waals surface area contributed by atoms with Crippen molar-refractivity contribution in [3.63, 3.8) is 0 Å². The van der Waals surface area contributed by atoms with Gasteiger partial charge in [-0.1, -0.05) is 0 Å². The van der Waals surface area contributed by atoms with Gasteiger partial charge in [-0.3, -0.25) is 0 Å². The molecule has 0 spiro atoms. The number of H-pyrrole nitrogens is 1. The van der Waals surface area contributed by atoms with Crippen molar-refractivity contribution in [3.05, 3.63) is 22.4 Å². The SMILES string of the molecule is O=c1[nH]c(O)[n+]([C@H]2CCCO2)cc1F. The molecule has 1 saturated heterocycles. The highest BCUT2D eigenvalue weighted by Crippen LogP contribution is 2.18. The van der Waals surface area contributed by atoms with Crippen molar-refractivity contribution < 1.29 is 18.8 Å². The third-order valence-corrected chi connectivity index (χ3v) is 2.16. The molecule has 0 aliphatic carbocycles. The van der Waals surface area contributed by atoms with E-state index < -0.39 is 11.4 Å². The summed E-state index contributed by atoms with van der Waals surface area (Å²) in [5.74, 6) is -0.932. The van der Waals surface area contributed by atoms with E-state index in [9.17, 15) is 14.3 Å². The lowest BCUT2D eigenvalue weighted by atomic mass is 10.3. The van der Waals surface area contributed by atoms with E-state index >= 15 is 0 Å². The van der Waals surface area contributed by atoms with Crippen LogP contribution in [0, 0.1) is 5.82 Å². The Morgan fingerprint density at radius 2 is 2.50 bits per heavy atom. The van der Waals surface area contributed by atoms with E-state index in [-0.39, 0.29) is 12.2 Å². The summed E-state index contributed by atoms with van der Waals surface area (Å²) in [5.41, 5.74) is -0.934. The normalized spacial score (nSPS) is 21.4. The lowest BCUT2D eigenvalue weighted by Gasteiger charge is -2.07. The second-order valence-corrected chi connectivity index (χ2v) is 3.13. The summed E-state index contributed by atoms with van der Waals surface area (Å²) in [5, 5.41) is 9.34. The first-order chi connectivity index (χ1) is 6.68. The fourth-order valence-electron chi connectivity index (χ4n) is 1.47. The van der Waals surface area contributed by atoms with Crippen LogP contribution in [-0.2, 0) is 4.74 Å². The monoisotopic (exact) mass is 201 g/mol. The maximum Gasteiger partial charge on any atom is 0.456 e. The number of ether oxygens (including phenoxy) is 1.